The number of aryl methyl sites for hydroxylation is 2. The number of unbranched alkanes of at least 4 members (excludes halogenated alkanes) is 1. The van der Waals surface area contributed by atoms with Gasteiger partial charge in [0.2, 0.25) is 0 Å². The average Bonchev–Trinajstić information content (AvgIpc) is 3.34. The zero-order valence-electron chi connectivity index (χ0n) is 15.9. The molecule has 0 fully saturated rings. The molecular weight excluding hydrogens is 374 g/mol. The molecule has 146 valence electrons. The number of imide groups is 1. The number of anilines is 1. The van der Waals surface area contributed by atoms with Gasteiger partial charge in [-0.05, 0) is 60.4 Å². The zero-order chi connectivity index (χ0) is 19.7. The molecule has 2 heterocycles. The van der Waals surface area contributed by atoms with Crippen LogP contribution in [-0.4, -0.2) is 51.4 Å². The Labute approximate surface area is 168 Å². The third-order valence-electron chi connectivity index (χ3n) is 5.41. The first kappa shape index (κ1) is 18.9. The van der Waals surface area contributed by atoms with Gasteiger partial charge in [-0.25, -0.2) is 4.79 Å². The highest BCUT2D eigenvalue weighted by molar-refractivity contribution is 8.04. The maximum Gasteiger partial charge on any atom is 0.501 e. The smallest absolute Gasteiger partial charge is 0.323 e. The molecule has 4 rings (SSSR count). The van der Waals surface area contributed by atoms with Gasteiger partial charge < -0.3 is 5.32 Å². The molecule has 2 aliphatic heterocycles. The van der Waals surface area contributed by atoms with E-state index in [0.717, 1.165) is 37.8 Å². The minimum atomic E-state index is -0.428. The van der Waals surface area contributed by atoms with Crippen LogP contribution in [0.3, 0.4) is 0 Å². The molecule has 6 nitrogen and oxygen atoms in total. The first-order valence-electron chi connectivity index (χ1n) is 9.82. The third-order valence-corrected chi connectivity index (χ3v) is 6.41. The Morgan fingerprint density at radius 2 is 2.11 bits per heavy atom. The number of rotatable bonds is 6. The molecule has 3 aliphatic rings. The molecule has 1 aromatic carbocycles. The van der Waals surface area contributed by atoms with Crippen molar-refractivity contribution in [1.29, 1.82) is 0 Å². The number of allylic oxidation sites excluding steroid dienone is 1. The molecule has 0 aromatic heterocycles. The number of nitrogens with zero attached hydrogens (tertiary/aromatic N) is 2. The molecule has 4 amide bonds. The number of carbonyl (C=O) groups is 3. The fourth-order valence-electron chi connectivity index (χ4n) is 3.93. The van der Waals surface area contributed by atoms with E-state index in [0.29, 0.717) is 12.3 Å². The second-order valence-corrected chi connectivity index (χ2v) is 8.36. The van der Waals surface area contributed by atoms with Crippen molar-refractivity contribution in [2.45, 2.75) is 44.3 Å². The second kappa shape index (κ2) is 7.91. The van der Waals surface area contributed by atoms with Crippen molar-refractivity contribution in [1.82, 2.24) is 4.90 Å². The van der Waals surface area contributed by atoms with Gasteiger partial charge in [-0.2, -0.15) is 14.3 Å². The summed E-state index contributed by atoms with van der Waals surface area (Å²) < 4.78 is 1.45. The van der Waals surface area contributed by atoms with E-state index >= 15 is 0 Å². The van der Waals surface area contributed by atoms with E-state index in [9.17, 15) is 14.4 Å². The summed E-state index contributed by atoms with van der Waals surface area (Å²) in [6.45, 7) is 2.31. The summed E-state index contributed by atoms with van der Waals surface area (Å²) in [5.74, 6) is -0.439. The number of amides is 4. The summed E-state index contributed by atoms with van der Waals surface area (Å²) in [6, 6.07) is 5.60. The topological polar surface area (TPSA) is 69.5 Å². The van der Waals surface area contributed by atoms with Crippen LogP contribution >= 0.6 is 11.8 Å². The number of hydrogen-bond acceptors (Lipinski definition) is 4. The number of thioether (sulfide) groups is 1. The number of hydrogen-bond donors (Lipinski definition) is 1. The van der Waals surface area contributed by atoms with Crippen molar-refractivity contribution in [3.8, 4) is 0 Å². The van der Waals surface area contributed by atoms with Gasteiger partial charge in [0.25, 0.3) is 5.91 Å². The van der Waals surface area contributed by atoms with Gasteiger partial charge in [0.15, 0.2) is 11.8 Å². The van der Waals surface area contributed by atoms with Crippen LogP contribution in [0.5, 0.6) is 0 Å². The lowest BCUT2D eigenvalue weighted by molar-refractivity contribution is -0.425. The van der Waals surface area contributed by atoms with Gasteiger partial charge in [-0.1, -0.05) is 19.4 Å². The van der Waals surface area contributed by atoms with Crippen LogP contribution in [0.4, 0.5) is 10.5 Å². The maximum atomic E-state index is 12.9. The largest absolute Gasteiger partial charge is 0.501 e. The van der Waals surface area contributed by atoms with E-state index in [1.807, 2.05) is 24.5 Å². The number of nitrogens with one attached hydrogen (secondary N) is 1. The molecule has 1 unspecified atom stereocenters. The summed E-state index contributed by atoms with van der Waals surface area (Å²) in [5.41, 5.74) is 4.00. The van der Waals surface area contributed by atoms with Crippen molar-refractivity contribution in [2.75, 3.05) is 18.4 Å². The quantitative estimate of drug-likeness (QED) is 0.748. The van der Waals surface area contributed by atoms with Gasteiger partial charge in [0.05, 0.1) is 6.54 Å². The highest BCUT2D eigenvalue weighted by atomic mass is 32.2. The monoisotopic (exact) mass is 398 g/mol. The molecule has 0 saturated heterocycles. The Balaban J connectivity index is 1.52. The van der Waals surface area contributed by atoms with Gasteiger partial charge in [-0.3, -0.25) is 4.79 Å². The highest BCUT2D eigenvalue weighted by Crippen LogP contribution is 2.28. The van der Waals surface area contributed by atoms with Crippen LogP contribution in [0, 0.1) is 0 Å². The molecule has 0 radical (unpaired) electrons. The Morgan fingerprint density at radius 3 is 2.93 bits per heavy atom. The number of benzene rings is 1. The van der Waals surface area contributed by atoms with Crippen LogP contribution in [0.1, 0.15) is 37.3 Å². The summed E-state index contributed by atoms with van der Waals surface area (Å²) in [6.07, 6.45) is 6.71. The van der Waals surface area contributed by atoms with Crippen molar-refractivity contribution in [3.63, 3.8) is 0 Å². The molecule has 0 spiro atoms. The third kappa shape index (κ3) is 3.51. The number of fused-ring (bicyclic) bond motifs is 2. The van der Waals surface area contributed by atoms with Gasteiger partial charge in [-0.15, -0.1) is 11.8 Å². The van der Waals surface area contributed by atoms with Crippen molar-refractivity contribution >= 4 is 41.0 Å². The molecule has 1 aromatic rings. The summed E-state index contributed by atoms with van der Waals surface area (Å²) >= 11 is 1.39. The van der Waals surface area contributed by atoms with Crippen molar-refractivity contribution in [2.24, 2.45) is 0 Å². The number of carbonyl (C=O) groups excluding carboxylic acids is 3. The molecule has 1 N–H and O–H groups in total. The Morgan fingerprint density at radius 1 is 1.29 bits per heavy atom. The van der Waals surface area contributed by atoms with Crippen LogP contribution in [0.25, 0.3) is 0 Å². The van der Waals surface area contributed by atoms with Crippen LogP contribution in [0.2, 0.25) is 0 Å². The van der Waals surface area contributed by atoms with Crippen LogP contribution in [0.15, 0.2) is 29.7 Å². The predicted molar refractivity (Wildman–Crippen MR) is 110 cm³/mol. The molecule has 0 saturated carbocycles. The molecule has 1 aliphatic carbocycles. The van der Waals surface area contributed by atoms with Gasteiger partial charge in [0, 0.05) is 5.69 Å². The predicted octanol–water partition coefficient (Wildman–Crippen LogP) is 2.96. The molecular formula is C21H24N3O3S+. The molecule has 28 heavy (non-hydrogen) atoms. The first-order chi connectivity index (χ1) is 13.6. The lowest BCUT2D eigenvalue weighted by Crippen LogP contribution is -2.56. The van der Waals surface area contributed by atoms with E-state index < -0.39 is 11.3 Å². The molecule has 1 atom stereocenters. The fraction of sp³-hybridized carbons (Fsp3) is 0.429. The lowest BCUT2D eigenvalue weighted by atomic mass is 10.1. The Kier molecular flexibility index (Phi) is 5.35. The van der Waals surface area contributed by atoms with E-state index in [2.05, 4.69) is 11.4 Å². The Bertz CT molecular complexity index is 906. The second-order valence-electron chi connectivity index (χ2n) is 7.34. The normalized spacial score (nSPS) is 20.6. The van der Waals surface area contributed by atoms with Gasteiger partial charge >= 0.3 is 11.9 Å². The standard InChI is InChI=1S/C21H23N3O3S/c1-2-3-10-23-20(26)19-17(9-11-28-19)24(21(23)27)13-18(25)22-16-8-7-14-5-4-6-15(14)12-16/h7-9,11-12,19H,2-6,10,13H2,1H3/p+1. The minimum Gasteiger partial charge on any atom is -0.323 e. The van der Waals surface area contributed by atoms with Crippen LogP contribution < -0.4 is 5.32 Å². The average molecular weight is 399 g/mol. The van der Waals surface area contributed by atoms with Gasteiger partial charge in [0.1, 0.15) is 5.71 Å². The highest BCUT2D eigenvalue weighted by Gasteiger charge is 2.49. The van der Waals surface area contributed by atoms with E-state index in [1.54, 1.807) is 6.08 Å². The maximum absolute atomic E-state index is 12.9. The zero-order valence-corrected chi connectivity index (χ0v) is 16.8. The van der Waals surface area contributed by atoms with E-state index in [-0.39, 0.29) is 18.4 Å². The minimum absolute atomic E-state index is 0.0947. The molecule has 0 bridgehead atoms. The summed E-state index contributed by atoms with van der Waals surface area (Å²) in [4.78, 5) is 39.5. The molecule has 7 heteroatoms. The summed E-state index contributed by atoms with van der Waals surface area (Å²) in [7, 11) is 0. The van der Waals surface area contributed by atoms with Crippen LogP contribution in [-0.2, 0) is 22.4 Å². The lowest BCUT2D eigenvalue weighted by Gasteiger charge is -2.24. The first-order valence-corrected chi connectivity index (χ1v) is 10.8. The SMILES string of the molecule is CCCCN1C(=O)C2SC=CC2=[N+](CC(=O)Nc2ccc3c(c2)CCC3)C1=O. The van der Waals surface area contributed by atoms with E-state index in [4.69, 9.17) is 0 Å². The van der Waals surface area contributed by atoms with Crippen molar-refractivity contribution < 1.29 is 19.0 Å². The van der Waals surface area contributed by atoms with Crippen molar-refractivity contribution in [3.05, 3.63) is 40.8 Å². The summed E-state index contributed by atoms with van der Waals surface area (Å²) in [5, 5.41) is 4.30. The Hall–Kier alpha value is -2.41. The fourth-order valence-corrected chi connectivity index (χ4v) is 4.89. The number of urea groups is 1. The van der Waals surface area contributed by atoms with E-state index in [1.165, 1.54) is 32.4 Å².